The molecule has 0 spiro atoms. The number of ether oxygens (including phenoxy) is 1. The van der Waals surface area contributed by atoms with E-state index in [4.69, 9.17) is 21.9 Å². The second kappa shape index (κ2) is 6.01. The van der Waals surface area contributed by atoms with Gasteiger partial charge in [-0.2, -0.15) is 4.79 Å². The lowest BCUT2D eigenvalue weighted by atomic mass is 9.89. The summed E-state index contributed by atoms with van der Waals surface area (Å²) in [5.74, 6) is -1.11. The van der Waals surface area contributed by atoms with E-state index in [1.165, 1.54) is 12.1 Å². The van der Waals surface area contributed by atoms with E-state index in [0.717, 1.165) is 0 Å². The predicted molar refractivity (Wildman–Crippen MR) is 84.5 cm³/mol. The number of hydrogen-bond acceptors (Lipinski definition) is 3. The molecular weight excluding hydrogens is 316 g/mol. The SMILES string of the molecule is [N-]=[N+]=C1C(=O)c2ccccc2C=C1C(=O)Oc1cccc(Cl)c1. The van der Waals surface area contributed by atoms with E-state index in [1.54, 1.807) is 42.5 Å². The summed E-state index contributed by atoms with van der Waals surface area (Å²) in [6.07, 6.45) is 1.46. The number of nitrogens with zero attached hydrogens (tertiary/aromatic N) is 2. The molecule has 1 aliphatic rings. The first-order valence-corrected chi connectivity index (χ1v) is 7.03. The van der Waals surface area contributed by atoms with Crippen LogP contribution in [0.25, 0.3) is 11.6 Å². The molecule has 0 bridgehead atoms. The van der Waals surface area contributed by atoms with Crippen LogP contribution in [0.4, 0.5) is 0 Å². The maximum atomic E-state index is 12.3. The Hall–Kier alpha value is -3.01. The van der Waals surface area contributed by atoms with Crippen molar-refractivity contribution >= 4 is 35.1 Å². The minimum Gasteiger partial charge on any atom is -0.423 e. The fourth-order valence-electron chi connectivity index (χ4n) is 2.25. The van der Waals surface area contributed by atoms with Crippen LogP contribution >= 0.6 is 11.6 Å². The Bertz CT molecular complexity index is 912. The van der Waals surface area contributed by atoms with Crippen LogP contribution in [0, 0.1) is 0 Å². The van der Waals surface area contributed by atoms with Crippen LogP contribution < -0.4 is 4.74 Å². The maximum Gasteiger partial charge on any atom is 0.377 e. The Morgan fingerprint density at radius 1 is 1.13 bits per heavy atom. The molecule has 0 N–H and O–H groups in total. The van der Waals surface area contributed by atoms with Gasteiger partial charge in [0.1, 0.15) is 5.75 Å². The van der Waals surface area contributed by atoms with Gasteiger partial charge in [0, 0.05) is 10.6 Å². The summed E-state index contributed by atoms with van der Waals surface area (Å²) in [6.45, 7) is 0. The second-order valence-electron chi connectivity index (χ2n) is 4.77. The number of halogens is 1. The first-order chi connectivity index (χ1) is 11.1. The third-order valence-electron chi connectivity index (χ3n) is 3.30. The van der Waals surface area contributed by atoms with Gasteiger partial charge in [0.05, 0.1) is 0 Å². The summed E-state index contributed by atoms with van der Waals surface area (Å²) in [5.41, 5.74) is 9.57. The summed E-state index contributed by atoms with van der Waals surface area (Å²) < 4.78 is 5.19. The van der Waals surface area contributed by atoms with Crippen LogP contribution in [0.5, 0.6) is 5.75 Å². The zero-order valence-corrected chi connectivity index (χ0v) is 12.4. The molecule has 112 valence electrons. The quantitative estimate of drug-likeness (QED) is 0.368. The topological polar surface area (TPSA) is 79.8 Å². The van der Waals surface area contributed by atoms with Crippen molar-refractivity contribution in [2.75, 3.05) is 0 Å². The summed E-state index contributed by atoms with van der Waals surface area (Å²) in [7, 11) is 0. The van der Waals surface area contributed by atoms with Crippen LogP contribution in [-0.4, -0.2) is 22.3 Å². The second-order valence-corrected chi connectivity index (χ2v) is 5.21. The van der Waals surface area contributed by atoms with Crippen molar-refractivity contribution in [3.8, 4) is 5.75 Å². The molecule has 0 unspecified atom stereocenters. The summed E-state index contributed by atoms with van der Waals surface area (Å²) in [6, 6.07) is 13.0. The molecule has 23 heavy (non-hydrogen) atoms. The van der Waals surface area contributed by atoms with Gasteiger partial charge in [0.2, 0.25) is 0 Å². The third kappa shape index (κ3) is 2.83. The fourth-order valence-corrected chi connectivity index (χ4v) is 2.43. The molecule has 0 amide bonds. The highest BCUT2D eigenvalue weighted by Crippen LogP contribution is 2.24. The molecule has 0 heterocycles. The van der Waals surface area contributed by atoms with Crippen molar-refractivity contribution in [1.29, 1.82) is 0 Å². The minimum absolute atomic E-state index is 0.115. The normalized spacial score (nSPS) is 13.0. The van der Waals surface area contributed by atoms with Gasteiger partial charge >= 0.3 is 11.7 Å². The Kier molecular flexibility index (Phi) is 3.89. The first-order valence-electron chi connectivity index (χ1n) is 6.66. The largest absolute Gasteiger partial charge is 0.423 e. The molecule has 6 heteroatoms. The molecular formula is C17H9ClN2O3. The average molecular weight is 325 g/mol. The molecule has 2 aromatic rings. The fraction of sp³-hybridized carbons (Fsp3) is 0. The number of Topliss-reactive ketones (excluding diaryl/α,β-unsaturated/α-hetero) is 1. The van der Waals surface area contributed by atoms with Gasteiger partial charge in [-0.05, 0) is 29.8 Å². The zero-order valence-electron chi connectivity index (χ0n) is 11.7. The van der Waals surface area contributed by atoms with E-state index in [-0.39, 0.29) is 17.0 Å². The summed E-state index contributed by atoms with van der Waals surface area (Å²) in [4.78, 5) is 27.6. The predicted octanol–water partition coefficient (Wildman–Crippen LogP) is 3.20. The molecule has 0 aliphatic heterocycles. The molecule has 5 nitrogen and oxygen atoms in total. The Morgan fingerprint density at radius 3 is 2.65 bits per heavy atom. The number of rotatable bonds is 2. The van der Waals surface area contributed by atoms with E-state index in [2.05, 4.69) is 4.79 Å². The van der Waals surface area contributed by atoms with Crippen molar-refractivity contribution in [2.24, 2.45) is 0 Å². The lowest BCUT2D eigenvalue weighted by molar-refractivity contribution is -0.129. The summed E-state index contributed by atoms with van der Waals surface area (Å²) in [5, 5.41) is 0.408. The van der Waals surface area contributed by atoms with Crippen molar-refractivity contribution in [2.45, 2.75) is 0 Å². The number of hydrogen-bond donors (Lipinski definition) is 0. The molecule has 0 aromatic heterocycles. The van der Waals surface area contributed by atoms with Gasteiger partial charge in [0.15, 0.2) is 5.57 Å². The zero-order chi connectivity index (χ0) is 16.4. The number of carbonyl (C=O) groups is 2. The number of benzene rings is 2. The van der Waals surface area contributed by atoms with E-state index in [9.17, 15) is 9.59 Å². The van der Waals surface area contributed by atoms with Crippen LogP contribution in [0.2, 0.25) is 5.02 Å². The molecule has 0 fully saturated rings. The van der Waals surface area contributed by atoms with Crippen molar-refractivity contribution < 1.29 is 19.1 Å². The van der Waals surface area contributed by atoms with Crippen LogP contribution in [-0.2, 0) is 4.79 Å². The molecule has 0 saturated carbocycles. The van der Waals surface area contributed by atoms with E-state index in [0.29, 0.717) is 16.1 Å². The van der Waals surface area contributed by atoms with Gasteiger partial charge in [-0.3, -0.25) is 4.79 Å². The Labute approximate surface area is 136 Å². The van der Waals surface area contributed by atoms with Crippen molar-refractivity contribution in [3.05, 3.63) is 75.8 Å². The standard InChI is InChI=1S/C17H9ClN2O3/c18-11-5-3-6-12(9-11)23-17(22)14-8-10-4-1-2-7-13(10)16(21)15(14)20-19/h1-9H. The van der Waals surface area contributed by atoms with Crippen LogP contribution in [0.15, 0.2) is 54.1 Å². The van der Waals surface area contributed by atoms with E-state index < -0.39 is 11.8 Å². The highest BCUT2D eigenvalue weighted by molar-refractivity contribution is 6.56. The van der Waals surface area contributed by atoms with Crippen molar-refractivity contribution in [3.63, 3.8) is 0 Å². The number of carbonyl (C=O) groups excluding carboxylic acids is 2. The van der Waals surface area contributed by atoms with Crippen molar-refractivity contribution in [1.82, 2.24) is 0 Å². The highest BCUT2D eigenvalue weighted by atomic mass is 35.5. The lowest BCUT2D eigenvalue weighted by Crippen LogP contribution is -2.29. The Morgan fingerprint density at radius 2 is 1.91 bits per heavy atom. The van der Waals surface area contributed by atoms with Crippen LogP contribution in [0.3, 0.4) is 0 Å². The average Bonchev–Trinajstić information content (AvgIpc) is 2.55. The highest BCUT2D eigenvalue weighted by Gasteiger charge is 2.37. The molecule has 3 rings (SSSR count). The molecule has 0 atom stereocenters. The Balaban J connectivity index is 2.00. The summed E-state index contributed by atoms with van der Waals surface area (Å²) >= 11 is 5.84. The van der Waals surface area contributed by atoms with Gasteiger partial charge in [-0.1, -0.05) is 41.9 Å². The third-order valence-corrected chi connectivity index (χ3v) is 3.54. The van der Waals surface area contributed by atoms with Crippen LogP contribution in [0.1, 0.15) is 15.9 Å². The first kappa shape index (κ1) is 14.9. The van der Waals surface area contributed by atoms with Gasteiger partial charge in [0.25, 0.3) is 5.78 Å². The number of fused-ring (bicyclic) bond motifs is 1. The number of ketones is 1. The van der Waals surface area contributed by atoms with Gasteiger partial charge < -0.3 is 10.3 Å². The molecule has 2 aromatic carbocycles. The lowest BCUT2D eigenvalue weighted by Gasteiger charge is -2.11. The van der Waals surface area contributed by atoms with Gasteiger partial charge in [-0.25, -0.2) is 4.79 Å². The smallest absolute Gasteiger partial charge is 0.377 e. The van der Waals surface area contributed by atoms with E-state index in [1.807, 2.05) is 0 Å². The van der Waals surface area contributed by atoms with E-state index >= 15 is 0 Å². The minimum atomic E-state index is -0.803. The molecule has 1 aliphatic carbocycles. The molecule has 0 saturated heterocycles. The van der Waals surface area contributed by atoms with Gasteiger partial charge in [-0.15, -0.1) is 0 Å². The molecule has 0 radical (unpaired) electrons. The number of esters is 1. The monoisotopic (exact) mass is 324 g/mol. The maximum absolute atomic E-state index is 12.3.